The van der Waals surface area contributed by atoms with Gasteiger partial charge in [0.2, 0.25) is 0 Å². The Labute approximate surface area is 103 Å². The fraction of sp³-hybridized carbons (Fsp3) is 0.917. The zero-order chi connectivity index (χ0) is 12.8. The third-order valence-electron chi connectivity index (χ3n) is 2.73. The molecular weight excluding hydrogens is 218 g/mol. The standard InChI is InChI=1S/C12H25N3O2/c13-12(16)14-10-8-6-4-2-1-3-5-7-9-11-15-17/h1-11H2,(H3,13,14,16). The van der Waals surface area contributed by atoms with Gasteiger partial charge in [-0.1, -0.05) is 50.1 Å². The third-order valence-corrected chi connectivity index (χ3v) is 2.73. The van der Waals surface area contributed by atoms with Gasteiger partial charge in [0.15, 0.2) is 0 Å². The minimum Gasteiger partial charge on any atom is -0.352 e. The highest BCUT2D eigenvalue weighted by Gasteiger charge is 1.94. The Hall–Kier alpha value is -1.13. The van der Waals surface area contributed by atoms with E-state index in [1.165, 1.54) is 32.1 Å². The van der Waals surface area contributed by atoms with E-state index < -0.39 is 6.03 Å². The second-order valence-electron chi connectivity index (χ2n) is 4.33. The van der Waals surface area contributed by atoms with Gasteiger partial charge in [-0.05, 0) is 12.8 Å². The van der Waals surface area contributed by atoms with Gasteiger partial charge in [0.05, 0.1) is 6.54 Å². The molecule has 3 N–H and O–H groups in total. The molecule has 0 aliphatic rings. The summed E-state index contributed by atoms with van der Waals surface area (Å²) in [5.74, 6) is 0. The Morgan fingerprint density at radius 2 is 1.35 bits per heavy atom. The van der Waals surface area contributed by atoms with Crippen molar-refractivity contribution in [2.24, 2.45) is 10.9 Å². The average Bonchev–Trinajstić information content (AvgIpc) is 2.30. The van der Waals surface area contributed by atoms with E-state index in [0.29, 0.717) is 13.1 Å². The summed E-state index contributed by atoms with van der Waals surface area (Å²) in [5.41, 5.74) is 4.95. The highest BCUT2D eigenvalue weighted by Crippen LogP contribution is 2.09. The predicted molar refractivity (Wildman–Crippen MR) is 69.8 cm³/mol. The van der Waals surface area contributed by atoms with Crippen LogP contribution in [0.15, 0.2) is 5.18 Å². The first-order chi connectivity index (χ1) is 8.27. The van der Waals surface area contributed by atoms with E-state index in [1.807, 2.05) is 0 Å². The molecule has 0 atom stereocenters. The smallest absolute Gasteiger partial charge is 0.312 e. The molecule has 5 nitrogen and oxygen atoms in total. The number of amides is 2. The van der Waals surface area contributed by atoms with Gasteiger partial charge in [0.25, 0.3) is 0 Å². The number of urea groups is 1. The zero-order valence-corrected chi connectivity index (χ0v) is 10.6. The van der Waals surface area contributed by atoms with Crippen LogP contribution in [0.5, 0.6) is 0 Å². The van der Waals surface area contributed by atoms with Gasteiger partial charge in [-0.25, -0.2) is 4.79 Å². The van der Waals surface area contributed by atoms with Gasteiger partial charge in [0, 0.05) is 6.54 Å². The molecule has 0 heterocycles. The molecule has 0 bridgehead atoms. The average molecular weight is 243 g/mol. The molecule has 17 heavy (non-hydrogen) atoms. The lowest BCUT2D eigenvalue weighted by Gasteiger charge is -2.02. The second-order valence-corrected chi connectivity index (χ2v) is 4.33. The summed E-state index contributed by atoms with van der Waals surface area (Å²) in [7, 11) is 0. The highest BCUT2D eigenvalue weighted by atomic mass is 16.3. The van der Waals surface area contributed by atoms with Crippen molar-refractivity contribution in [3.8, 4) is 0 Å². The number of hydrogen-bond donors (Lipinski definition) is 2. The lowest BCUT2D eigenvalue weighted by Crippen LogP contribution is -2.29. The van der Waals surface area contributed by atoms with Crippen molar-refractivity contribution in [1.82, 2.24) is 5.32 Å². The van der Waals surface area contributed by atoms with Crippen LogP contribution in [-0.2, 0) is 0 Å². The van der Waals surface area contributed by atoms with E-state index in [2.05, 4.69) is 10.5 Å². The molecule has 0 radical (unpaired) electrons. The monoisotopic (exact) mass is 243 g/mol. The number of rotatable bonds is 12. The summed E-state index contributed by atoms with van der Waals surface area (Å²) in [6, 6.07) is -0.435. The van der Waals surface area contributed by atoms with E-state index in [1.54, 1.807) is 0 Å². The topological polar surface area (TPSA) is 84.6 Å². The Kier molecular flexibility index (Phi) is 12.1. The minimum atomic E-state index is -0.435. The minimum absolute atomic E-state index is 0.435. The molecule has 0 fully saturated rings. The number of primary amides is 1. The van der Waals surface area contributed by atoms with Crippen LogP contribution < -0.4 is 11.1 Å². The molecule has 100 valence electrons. The number of nitrogens with one attached hydrogen (secondary N) is 1. The van der Waals surface area contributed by atoms with Gasteiger partial charge in [0.1, 0.15) is 0 Å². The summed E-state index contributed by atoms with van der Waals surface area (Å²) < 4.78 is 0. The largest absolute Gasteiger partial charge is 0.352 e. The van der Waals surface area contributed by atoms with E-state index in [0.717, 1.165) is 25.7 Å². The molecular formula is C12H25N3O2. The quantitative estimate of drug-likeness (QED) is 0.408. The Balaban J connectivity index is 2.94. The van der Waals surface area contributed by atoms with E-state index in [9.17, 15) is 9.70 Å². The molecule has 0 aliphatic heterocycles. The van der Waals surface area contributed by atoms with Crippen LogP contribution in [0.4, 0.5) is 4.79 Å². The Morgan fingerprint density at radius 1 is 0.882 bits per heavy atom. The number of nitrogens with zero attached hydrogens (tertiary/aromatic N) is 1. The molecule has 0 aromatic carbocycles. The summed E-state index contributed by atoms with van der Waals surface area (Å²) in [4.78, 5) is 20.2. The summed E-state index contributed by atoms with van der Waals surface area (Å²) in [6.07, 6.45) is 10.4. The van der Waals surface area contributed by atoms with Crippen LogP contribution in [0, 0.1) is 4.91 Å². The first kappa shape index (κ1) is 15.9. The van der Waals surface area contributed by atoms with Crippen molar-refractivity contribution in [1.29, 1.82) is 0 Å². The van der Waals surface area contributed by atoms with Gasteiger partial charge < -0.3 is 11.1 Å². The number of carbonyl (C=O) groups is 1. The van der Waals surface area contributed by atoms with Crippen molar-refractivity contribution in [2.45, 2.75) is 57.8 Å². The van der Waals surface area contributed by atoms with Crippen LogP contribution in [0.25, 0.3) is 0 Å². The second kappa shape index (κ2) is 12.9. The van der Waals surface area contributed by atoms with Crippen molar-refractivity contribution >= 4 is 6.03 Å². The molecule has 0 aliphatic carbocycles. The number of hydrogen-bond acceptors (Lipinski definition) is 3. The molecule has 0 rings (SSSR count). The van der Waals surface area contributed by atoms with Crippen LogP contribution in [0.2, 0.25) is 0 Å². The normalized spacial score (nSPS) is 10.1. The van der Waals surface area contributed by atoms with E-state index in [-0.39, 0.29) is 0 Å². The maximum Gasteiger partial charge on any atom is 0.312 e. The molecule has 2 amide bonds. The van der Waals surface area contributed by atoms with Crippen molar-refractivity contribution in [3.05, 3.63) is 4.91 Å². The Bertz CT molecular complexity index is 198. The molecule has 0 aromatic rings. The van der Waals surface area contributed by atoms with E-state index >= 15 is 0 Å². The molecule has 0 saturated heterocycles. The highest BCUT2D eigenvalue weighted by molar-refractivity contribution is 5.71. The third kappa shape index (κ3) is 14.9. The van der Waals surface area contributed by atoms with Gasteiger partial charge in [-0.15, -0.1) is 0 Å². The molecule has 5 heteroatoms. The lowest BCUT2D eigenvalue weighted by molar-refractivity contribution is 0.248. The lowest BCUT2D eigenvalue weighted by atomic mass is 10.1. The molecule has 0 saturated carbocycles. The first-order valence-electron chi connectivity index (χ1n) is 6.60. The maximum absolute atomic E-state index is 10.4. The summed E-state index contributed by atoms with van der Waals surface area (Å²) >= 11 is 0. The predicted octanol–water partition coefficient (Wildman–Crippen LogP) is 2.93. The van der Waals surface area contributed by atoms with Crippen molar-refractivity contribution < 1.29 is 4.79 Å². The van der Waals surface area contributed by atoms with Crippen molar-refractivity contribution in [2.75, 3.05) is 13.1 Å². The SMILES string of the molecule is NC(=O)NCCCCCCCCCCCN=O. The maximum atomic E-state index is 10.4. The van der Waals surface area contributed by atoms with Crippen LogP contribution in [0.1, 0.15) is 57.8 Å². The summed E-state index contributed by atoms with van der Waals surface area (Å²) in [6.45, 7) is 1.15. The number of unbranched alkanes of at least 4 members (excludes halogenated alkanes) is 8. The van der Waals surface area contributed by atoms with Gasteiger partial charge in [-0.3, -0.25) is 0 Å². The van der Waals surface area contributed by atoms with Gasteiger partial charge in [-0.2, -0.15) is 4.91 Å². The Morgan fingerprint density at radius 3 is 1.82 bits per heavy atom. The molecule has 0 unspecified atom stereocenters. The van der Waals surface area contributed by atoms with Gasteiger partial charge >= 0.3 is 6.03 Å². The van der Waals surface area contributed by atoms with Crippen LogP contribution >= 0.6 is 0 Å². The zero-order valence-electron chi connectivity index (χ0n) is 10.6. The molecule has 0 aromatic heterocycles. The summed E-state index contributed by atoms with van der Waals surface area (Å²) in [5, 5.41) is 5.42. The number of nitroso groups, excluding NO2 is 1. The number of carbonyl (C=O) groups excluding carboxylic acids is 1. The van der Waals surface area contributed by atoms with Crippen molar-refractivity contribution in [3.63, 3.8) is 0 Å². The van der Waals surface area contributed by atoms with Crippen LogP contribution in [0.3, 0.4) is 0 Å². The fourth-order valence-corrected chi connectivity index (χ4v) is 1.75. The van der Waals surface area contributed by atoms with Crippen LogP contribution in [-0.4, -0.2) is 19.1 Å². The van der Waals surface area contributed by atoms with E-state index in [4.69, 9.17) is 5.73 Å². The number of nitrogens with two attached hydrogens (primary N) is 1. The fourth-order valence-electron chi connectivity index (χ4n) is 1.75. The first-order valence-corrected chi connectivity index (χ1v) is 6.60. The molecule has 0 spiro atoms.